The smallest absolute Gasteiger partial charge is 0.379 e. The molecule has 9 heteroatoms. The number of esters is 2. The zero-order valence-electron chi connectivity index (χ0n) is 19.3. The fraction of sp³-hybridized carbons (Fsp3) is 0.222. The van der Waals surface area contributed by atoms with Crippen LogP contribution in [0.25, 0.3) is 0 Å². The summed E-state index contributed by atoms with van der Waals surface area (Å²) in [5.41, 5.74) is 1.14. The van der Waals surface area contributed by atoms with E-state index in [0.29, 0.717) is 36.0 Å². The van der Waals surface area contributed by atoms with Crippen LogP contribution < -0.4 is 4.74 Å². The molecular formula is C27H23NO8. The molecule has 4 rings (SSSR count). The monoisotopic (exact) mass is 489 g/mol. The lowest BCUT2D eigenvalue weighted by Crippen LogP contribution is -2.30. The van der Waals surface area contributed by atoms with E-state index in [1.165, 1.54) is 41.5 Å². The first kappa shape index (κ1) is 24.6. The van der Waals surface area contributed by atoms with Crippen molar-refractivity contribution in [1.29, 1.82) is 0 Å². The van der Waals surface area contributed by atoms with Crippen molar-refractivity contribution in [3.63, 3.8) is 0 Å². The third kappa shape index (κ3) is 5.75. The molecule has 184 valence electrons. The Morgan fingerprint density at radius 2 is 1.50 bits per heavy atom. The van der Waals surface area contributed by atoms with Crippen LogP contribution in [-0.4, -0.2) is 47.6 Å². The first-order valence-corrected chi connectivity index (χ1v) is 11.4. The molecule has 0 saturated carbocycles. The van der Waals surface area contributed by atoms with Gasteiger partial charge in [0.1, 0.15) is 5.75 Å². The van der Waals surface area contributed by atoms with Gasteiger partial charge < -0.3 is 13.9 Å². The van der Waals surface area contributed by atoms with Crippen LogP contribution in [0.4, 0.5) is 0 Å². The summed E-state index contributed by atoms with van der Waals surface area (Å²) in [6, 6.07) is 15.6. The lowest BCUT2D eigenvalue weighted by Gasteiger charge is -2.13. The third-order valence-electron chi connectivity index (χ3n) is 5.61. The van der Waals surface area contributed by atoms with E-state index in [1.807, 2.05) is 0 Å². The molecule has 0 radical (unpaired) electrons. The van der Waals surface area contributed by atoms with Crippen molar-refractivity contribution in [2.45, 2.75) is 25.7 Å². The van der Waals surface area contributed by atoms with Crippen LogP contribution in [0.1, 0.15) is 67.3 Å². The van der Waals surface area contributed by atoms with Gasteiger partial charge in [-0.15, -0.1) is 0 Å². The second kappa shape index (κ2) is 11.3. The number of furan rings is 1. The molecule has 0 atom stereocenters. The highest BCUT2D eigenvalue weighted by molar-refractivity contribution is 6.21. The van der Waals surface area contributed by atoms with Crippen LogP contribution in [0.2, 0.25) is 0 Å². The second-order valence-corrected chi connectivity index (χ2v) is 8.09. The Balaban J connectivity index is 1.12. The van der Waals surface area contributed by atoms with Crippen molar-refractivity contribution in [2.75, 3.05) is 13.2 Å². The lowest BCUT2D eigenvalue weighted by molar-refractivity contribution is -0.142. The van der Waals surface area contributed by atoms with Gasteiger partial charge in [0.05, 0.1) is 17.4 Å². The molecule has 0 spiro atoms. The molecule has 1 aromatic heterocycles. The molecular weight excluding hydrogens is 466 g/mol. The van der Waals surface area contributed by atoms with Crippen LogP contribution in [-0.2, 0) is 9.53 Å². The molecule has 0 N–H and O–H groups in total. The number of benzene rings is 2. The third-order valence-corrected chi connectivity index (χ3v) is 5.61. The van der Waals surface area contributed by atoms with Gasteiger partial charge in [0.2, 0.25) is 5.76 Å². The predicted molar refractivity (Wildman–Crippen MR) is 126 cm³/mol. The number of hydrogen-bond acceptors (Lipinski definition) is 8. The summed E-state index contributed by atoms with van der Waals surface area (Å²) >= 11 is 0. The molecule has 2 heterocycles. The van der Waals surface area contributed by atoms with Gasteiger partial charge in [-0.2, -0.15) is 0 Å². The SMILES string of the molecule is O=C(CCCCCN1C(=O)c2ccccc2C1=O)OCC(=O)c1ccc(OC(=O)c2ccco2)cc1. The quantitative estimate of drug-likeness (QED) is 0.130. The zero-order chi connectivity index (χ0) is 25.5. The number of carbonyl (C=O) groups is 5. The maximum absolute atomic E-state index is 12.3. The summed E-state index contributed by atoms with van der Waals surface area (Å²) < 4.78 is 15.2. The summed E-state index contributed by atoms with van der Waals surface area (Å²) in [6.07, 6.45) is 3.17. The molecule has 1 aliphatic rings. The van der Waals surface area contributed by atoms with E-state index in [-0.39, 0.29) is 36.3 Å². The summed E-state index contributed by atoms with van der Waals surface area (Å²) in [7, 11) is 0. The van der Waals surface area contributed by atoms with Gasteiger partial charge in [-0.3, -0.25) is 24.1 Å². The number of Topliss-reactive ketones (excluding diaryl/α,β-unsaturated/α-hetero) is 1. The number of imide groups is 1. The van der Waals surface area contributed by atoms with Crippen LogP contribution in [0.5, 0.6) is 5.75 Å². The number of ketones is 1. The minimum atomic E-state index is -0.656. The number of amides is 2. The van der Waals surface area contributed by atoms with Crippen molar-refractivity contribution in [3.8, 4) is 5.75 Å². The van der Waals surface area contributed by atoms with Gasteiger partial charge >= 0.3 is 11.9 Å². The molecule has 2 aromatic carbocycles. The Hall–Kier alpha value is -4.53. The van der Waals surface area contributed by atoms with Crippen molar-refractivity contribution in [1.82, 2.24) is 4.90 Å². The fourth-order valence-electron chi connectivity index (χ4n) is 3.72. The second-order valence-electron chi connectivity index (χ2n) is 8.09. The molecule has 1 aliphatic heterocycles. The van der Waals surface area contributed by atoms with E-state index in [4.69, 9.17) is 13.9 Å². The Bertz CT molecular complexity index is 1240. The van der Waals surface area contributed by atoms with Crippen molar-refractivity contribution >= 4 is 29.5 Å². The number of rotatable bonds is 11. The highest BCUT2D eigenvalue weighted by Crippen LogP contribution is 2.23. The normalized spacial score (nSPS) is 12.4. The van der Waals surface area contributed by atoms with Gasteiger partial charge in [-0.25, -0.2) is 4.79 Å². The average Bonchev–Trinajstić information content (AvgIpc) is 3.51. The Kier molecular flexibility index (Phi) is 7.69. The van der Waals surface area contributed by atoms with E-state index in [1.54, 1.807) is 30.3 Å². The predicted octanol–water partition coefficient (Wildman–Crippen LogP) is 4.08. The number of ether oxygens (including phenoxy) is 2. The highest BCUT2D eigenvalue weighted by atomic mass is 16.5. The molecule has 2 amide bonds. The lowest BCUT2D eigenvalue weighted by atomic mass is 10.1. The van der Waals surface area contributed by atoms with Crippen molar-refractivity contribution in [2.24, 2.45) is 0 Å². The Morgan fingerprint density at radius 3 is 2.14 bits per heavy atom. The molecule has 0 aliphatic carbocycles. The summed E-state index contributed by atoms with van der Waals surface area (Å²) in [4.78, 5) is 62.0. The molecule has 0 saturated heterocycles. The van der Waals surface area contributed by atoms with Crippen LogP contribution >= 0.6 is 0 Å². The van der Waals surface area contributed by atoms with Gasteiger partial charge in [0, 0.05) is 18.5 Å². The zero-order valence-corrected chi connectivity index (χ0v) is 19.3. The van der Waals surface area contributed by atoms with Crippen LogP contribution in [0.15, 0.2) is 71.3 Å². The van der Waals surface area contributed by atoms with Crippen LogP contribution in [0, 0.1) is 0 Å². The Labute approximate surface area is 206 Å². The van der Waals surface area contributed by atoms with E-state index in [0.717, 1.165) is 0 Å². The van der Waals surface area contributed by atoms with Crippen molar-refractivity contribution < 1.29 is 37.9 Å². The standard InChI is InChI=1S/C27H23NO8/c29-22(18-11-13-19(14-12-18)36-27(33)23-9-6-16-34-23)17-35-24(30)10-2-1-5-15-28-25(31)20-7-3-4-8-21(20)26(28)32/h3-4,6-9,11-14,16H,1-2,5,10,15,17H2. The van der Waals surface area contributed by atoms with E-state index < -0.39 is 24.3 Å². The van der Waals surface area contributed by atoms with E-state index in [9.17, 15) is 24.0 Å². The highest BCUT2D eigenvalue weighted by Gasteiger charge is 2.34. The molecule has 9 nitrogen and oxygen atoms in total. The first-order chi connectivity index (χ1) is 17.4. The Morgan fingerprint density at radius 1 is 0.806 bits per heavy atom. The summed E-state index contributed by atoms with van der Waals surface area (Å²) in [6.45, 7) is -0.119. The molecule has 36 heavy (non-hydrogen) atoms. The van der Waals surface area contributed by atoms with Gasteiger partial charge in [0.15, 0.2) is 12.4 Å². The summed E-state index contributed by atoms with van der Waals surface area (Å²) in [5, 5.41) is 0. The topological polar surface area (TPSA) is 120 Å². The number of hydrogen-bond donors (Lipinski definition) is 0. The minimum Gasteiger partial charge on any atom is -0.457 e. The largest absolute Gasteiger partial charge is 0.457 e. The molecule has 3 aromatic rings. The van der Waals surface area contributed by atoms with Gasteiger partial charge in [-0.05, 0) is 61.4 Å². The minimum absolute atomic E-state index is 0.0608. The maximum Gasteiger partial charge on any atom is 0.379 e. The molecule has 0 unspecified atom stereocenters. The molecule has 0 bridgehead atoms. The van der Waals surface area contributed by atoms with Crippen LogP contribution in [0.3, 0.4) is 0 Å². The van der Waals surface area contributed by atoms with E-state index >= 15 is 0 Å². The maximum atomic E-state index is 12.3. The number of unbranched alkanes of at least 4 members (excludes halogenated alkanes) is 2. The number of carbonyl (C=O) groups excluding carboxylic acids is 5. The van der Waals surface area contributed by atoms with E-state index in [2.05, 4.69) is 0 Å². The fourth-order valence-corrected chi connectivity index (χ4v) is 3.72. The number of nitrogens with zero attached hydrogens (tertiary/aromatic N) is 1. The van der Waals surface area contributed by atoms with Gasteiger partial charge in [-0.1, -0.05) is 18.6 Å². The average molecular weight is 489 g/mol. The van der Waals surface area contributed by atoms with Crippen molar-refractivity contribution in [3.05, 3.63) is 89.4 Å². The summed E-state index contributed by atoms with van der Waals surface area (Å²) in [5.74, 6) is -1.84. The molecule has 0 fully saturated rings. The van der Waals surface area contributed by atoms with Gasteiger partial charge in [0.25, 0.3) is 11.8 Å². The number of fused-ring (bicyclic) bond motifs is 1. The first-order valence-electron chi connectivity index (χ1n) is 11.4.